The molecule has 0 N–H and O–H groups in total. The highest BCUT2D eigenvalue weighted by atomic mass is 79.9. The highest BCUT2D eigenvalue weighted by molar-refractivity contribution is 9.09. The van der Waals surface area contributed by atoms with Crippen molar-refractivity contribution in [3.8, 4) is 0 Å². The van der Waals surface area contributed by atoms with Crippen LogP contribution in [0.25, 0.3) is 0 Å². The Balaban J connectivity index is 2.07. The topological polar surface area (TPSA) is 0 Å². The third-order valence-corrected chi connectivity index (χ3v) is 4.88. The van der Waals surface area contributed by atoms with Gasteiger partial charge in [0, 0.05) is 4.83 Å². The highest BCUT2D eigenvalue weighted by Gasteiger charge is 2.43. The molecule has 14 heavy (non-hydrogen) atoms. The standard InChI is InChI=1S/C13H17Br/c1-10-5-3-4-6-11(10)9-12(14)13(2)7-8-13/h3-6,12H,7-9H2,1-2H3. The quantitative estimate of drug-likeness (QED) is 0.711. The van der Waals surface area contributed by atoms with Crippen molar-refractivity contribution in [1.82, 2.24) is 0 Å². The Labute approximate surface area is 94.8 Å². The molecule has 1 atom stereocenters. The van der Waals surface area contributed by atoms with Crippen molar-refractivity contribution in [3.05, 3.63) is 35.4 Å². The lowest BCUT2D eigenvalue weighted by atomic mass is 9.96. The molecule has 0 heterocycles. The summed E-state index contributed by atoms with van der Waals surface area (Å²) in [4.78, 5) is 0.649. The summed E-state index contributed by atoms with van der Waals surface area (Å²) in [6, 6.07) is 8.69. The smallest absolute Gasteiger partial charge is 0.0240 e. The number of hydrogen-bond acceptors (Lipinski definition) is 0. The maximum atomic E-state index is 3.83. The molecule has 1 aliphatic carbocycles. The summed E-state index contributed by atoms with van der Waals surface area (Å²) in [5.41, 5.74) is 3.48. The van der Waals surface area contributed by atoms with Crippen LogP contribution in [0.2, 0.25) is 0 Å². The van der Waals surface area contributed by atoms with Gasteiger partial charge < -0.3 is 0 Å². The van der Waals surface area contributed by atoms with Crippen LogP contribution in [0.5, 0.6) is 0 Å². The van der Waals surface area contributed by atoms with Crippen LogP contribution >= 0.6 is 15.9 Å². The second-order valence-electron chi connectivity index (χ2n) is 4.75. The SMILES string of the molecule is Cc1ccccc1CC(Br)C1(C)CC1. The van der Waals surface area contributed by atoms with Gasteiger partial charge in [-0.05, 0) is 42.7 Å². The fourth-order valence-electron chi connectivity index (χ4n) is 1.79. The van der Waals surface area contributed by atoms with Crippen molar-refractivity contribution in [2.24, 2.45) is 5.41 Å². The molecule has 1 aromatic carbocycles. The second kappa shape index (κ2) is 3.69. The maximum Gasteiger partial charge on any atom is 0.0240 e. The zero-order chi connectivity index (χ0) is 10.2. The Kier molecular flexibility index (Phi) is 2.70. The number of rotatable bonds is 3. The number of benzene rings is 1. The molecule has 1 aromatic rings. The molecular weight excluding hydrogens is 236 g/mol. The molecular formula is C13H17Br. The molecule has 0 aromatic heterocycles. The lowest BCUT2D eigenvalue weighted by molar-refractivity contribution is 0.543. The normalized spacial score (nSPS) is 20.5. The Morgan fingerprint density at radius 2 is 2.00 bits per heavy atom. The average molecular weight is 253 g/mol. The summed E-state index contributed by atoms with van der Waals surface area (Å²) in [6.07, 6.45) is 3.94. The third-order valence-electron chi connectivity index (χ3n) is 3.46. The van der Waals surface area contributed by atoms with Gasteiger partial charge in [0.15, 0.2) is 0 Å². The first kappa shape index (κ1) is 10.2. The van der Waals surface area contributed by atoms with Crippen LogP contribution < -0.4 is 0 Å². The first-order valence-corrected chi connectivity index (χ1v) is 6.22. The van der Waals surface area contributed by atoms with E-state index < -0.39 is 0 Å². The van der Waals surface area contributed by atoms with Crippen LogP contribution in [0.15, 0.2) is 24.3 Å². The molecule has 76 valence electrons. The molecule has 1 heteroatoms. The van der Waals surface area contributed by atoms with E-state index in [1.807, 2.05) is 0 Å². The van der Waals surface area contributed by atoms with Crippen molar-refractivity contribution < 1.29 is 0 Å². The van der Waals surface area contributed by atoms with E-state index in [-0.39, 0.29) is 0 Å². The number of alkyl halides is 1. The predicted molar refractivity (Wildman–Crippen MR) is 64.9 cm³/mol. The van der Waals surface area contributed by atoms with Crippen LogP contribution in [0.4, 0.5) is 0 Å². The molecule has 0 radical (unpaired) electrons. The molecule has 0 amide bonds. The monoisotopic (exact) mass is 252 g/mol. The fourth-order valence-corrected chi connectivity index (χ4v) is 2.60. The summed E-state index contributed by atoms with van der Waals surface area (Å²) in [5, 5.41) is 0. The van der Waals surface area contributed by atoms with Crippen molar-refractivity contribution in [3.63, 3.8) is 0 Å². The molecule has 1 saturated carbocycles. The summed E-state index contributed by atoms with van der Waals surface area (Å²) in [5.74, 6) is 0. The number of aryl methyl sites for hydroxylation is 1. The Hall–Kier alpha value is -0.300. The first-order chi connectivity index (χ1) is 6.62. The van der Waals surface area contributed by atoms with E-state index in [0.717, 1.165) is 0 Å². The Morgan fingerprint density at radius 1 is 1.36 bits per heavy atom. The molecule has 2 rings (SSSR count). The van der Waals surface area contributed by atoms with Gasteiger partial charge in [0.1, 0.15) is 0 Å². The molecule has 0 saturated heterocycles. The van der Waals surface area contributed by atoms with Crippen molar-refractivity contribution in [2.45, 2.75) is 37.9 Å². The van der Waals surface area contributed by atoms with Gasteiger partial charge in [-0.3, -0.25) is 0 Å². The van der Waals surface area contributed by atoms with Crippen LogP contribution in [-0.2, 0) is 6.42 Å². The average Bonchev–Trinajstić information content (AvgIpc) is 2.89. The van der Waals surface area contributed by atoms with Crippen LogP contribution in [0, 0.1) is 12.3 Å². The van der Waals surface area contributed by atoms with Gasteiger partial charge in [-0.2, -0.15) is 0 Å². The van der Waals surface area contributed by atoms with Crippen molar-refractivity contribution >= 4 is 15.9 Å². The van der Waals surface area contributed by atoms with E-state index in [1.54, 1.807) is 0 Å². The van der Waals surface area contributed by atoms with Crippen LogP contribution in [0.3, 0.4) is 0 Å². The molecule has 1 fully saturated rings. The predicted octanol–water partition coefficient (Wildman–Crippen LogP) is 4.10. The fraction of sp³-hybridized carbons (Fsp3) is 0.538. The van der Waals surface area contributed by atoms with E-state index >= 15 is 0 Å². The van der Waals surface area contributed by atoms with Gasteiger partial charge >= 0.3 is 0 Å². The van der Waals surface area contributed by atoms with Gasteiger partial charge in [0.05, 0.1) is 0 Å². The first-order valence-electron chi connectivity index (χ1n) is 5.30. The Morgan fingerprint density at radius 3 is 2.57 bits per heavy atom. The lowest BCUT2D eigenvalue weighted by Gasteiger charge is -2.17. The van der Waals surface area contributed by atoms with E-state index in [4.69, 9.17) is 0 Å². The van der Waals surface area contributed by atoms with Crippen LogP contribution in [-0.4, -0.2) is 4.83 Å². The highest BCUT2D eigenvalue weighted by Crippen LogP contribution is 2.51. The third kappa shape index (κ3) is 2.03. The summed E-state index contributed by atoms with van der Waals surface area (Å²) < 4.78 is 0. The van der Waals surface area contributed by atoms with E-state index in [1.165, 1.54) is 30.4 Å². The van der Waals surface area contributed by atoms with E-state index in [0.29, 0.717) is 10.2 Å². The van der Waals surface area contributed by atoms with E-state index in [9.17, 15) is 0 Å². The minimum Gasteiger partial charge on any atom is -0.0881 e. The number of halogens is 1. The molecule has 0 spiro atoms. The lowest BCUT2D eigenvalue weighted by Crippen LogP contribution is -2.15. The van der Waals surface area contributed by atoms with Gasteiger partial charge in [-0.25, -0.2) is 0 Å². The molecule has 0 aliphatic heterocycles. The van der Waals surface area contributed by atoms with Crippen LogP contribution in [0.1, 0.15) is 30.9 Å². The summed E-state index contributed by atoms with van der Waals surface area (Å²) in [7, 11) is 0. The molecule has 0 nitrogen and oxygen atoms in total. The molecule has 0 bridgehead atoms. The van der Waals surface area contributed by atoms with Gasteiger partial charge in [-0.1, -0.05) is 47.1 Å². The maximum absolute atomic E-state index is 3.83. The summed E-state index contributed by atoms with van der Waals surface area (Å²) >= 11 is 3.83. The van der Waals surface area contributed by atoms with E-state index in [2.05, 4.69) is 54.0 Å². The Bertz CT molecular complexity index is 326. The second-order valence-corrected chi connectivity index (χ2v) is 5.86. The summed E-state index contributed by atoms with van der Waals surface area (Å²) in [6.45, 7) is 4.58. The van der Waals surface area contributed by atoms with Crippen molar-refractivity contribution in [1.29, 1.82) is 0 Å². The van der Waals surface area contributed by atoms with Crippen molar-refractivity contribution in [2.75, 3.05) is 0 Å². The zero-order valence-corrected chi connectivity index (χ0v) is 10.5. The largest absolute Gasteiger partial charge is 0.0881 e. The minimum atomic E-state index is 0.572. The van der Waals surface area contributed by atoms with Gasteiger partial charge in [0.25, 0.3) is 0 Å². The molecule has 1 aliphatic rings. The van der Waals surface area contributed by atoms with Gasteiger partial charge in [-0.15, -0.1) is 0 Å². The molecule has 1 unspecified atom stereocenters. The number of hydrogen-bond donors (Lipinski definition) is 0. The van der Waals surface area contributed by atoms with Gasteiger partial charge in [0.2, 0.25) is 0 Å². The zero-order valence-electron chi connectivity index (χ0n) is 8.89. The minimum absolute atomic E-state index is 0.572.